The fraction of sp³-hybridized carbons (Fsp3) is 0.238. The minimum Gasteiger partial charge on any atom is -0.370 e. The molecule has 0 bridgehead atoms. The van der Waals surface area contributed by atoms with Gasteiger partial charge in [0, 0.05) is 16.0 Å². The van der Waals surface area contributed by atoms with Crippen molar-refractivity contribution in [1.82, 2.24) is 14.8 Å². The number of amides is 1. The van der Waals surface area contributed by atoms with Crippen molar-refractivity contribution >= 4 is 23.0 Å². The van der Waals surface area contributed by atoms with Gasteiger partial charge >= 0.3 is 0 Å². The first-order chi connectivity index (χ1) is 14.4. The molecule has 0 radical (unpaired) electrons. The van der Waals surface area contributed by atoms with Crippen LogP contribution in [0.25, 0.3) is 5.00 Å². The van der Waals surface area contributed by atoms with E-state index in [1.165, 1.54) is 11.3 Å². The smallest absolute Gasteiger partial charge is 0.220 e. The van der Waals surface area contributed by atoms with Crippen LogP contribution < -0.4 is 5.73 Å². The molecule has 0 aliphatic carbocycles. The van der Waals surface area contributed by atoms with E-state index in [-0.39, 0.29) is 12.8 Å². The predicted molar refractivity (Wildman–Crippen MR) is 111 cm³/mol. The number of aryl methyl sites for hydroxylation is 1. The average Bonchev–Trinajstić information content (AvgIpc) is 3.21. The van der Waals surface area contributed by atoms with Crippen molar-refractivity contribution in [2.24, 2.45) is 10.7 Å². The highest BCUT2D eigenvalue weighted by Gasteiger charge is 2.32. The topological polar surface area (TPSA) is 134 Å². The average molecular weight is 415 g/mol. The van der Waals surface area contributed by atoms with Crippen LogP contribution in [0.15, 0.2) is 29.3 Å². The van der Waals surface area contributed by atoms with Crippen LogP contribution in [-0.4, -0.2) is 26.4 Å². The Morgan fingerprint density at radius 2 is 1.97 bits per heavy atom. The number of hydrogen-bond donors (Lipinski definition) is 1. The highest BCUT2D eigenvalue weighted by atomic mass is 32.1. The lowest BCUT2D eigenvalue weighted by molar-refractivity contribution is -0.118. The molecule has 1 aromatic carbocycles. The van der Waals surface area contributed by atoms with E-state index in [4.69, 9.17) is 16.0 Å². The Morgan fingerprint density at radius 1 is 1.23 bits per heavy atom. The molecule has 0 saturated heterocycles. The molecule has 8 nitrogen and oxygen atoms in total. The molecule has 0 saturated carbocycles. The molecule has 2 N–H and O–H groups in total. The van der Waals surface area contributed by atoms with Crippen LogP contribution in [0.4, 0.5) is 0 Å². The Bertz CT molecular complexity index is 1270. The molecule has 3 aromatic rings. The molecule has 1 aliphatic rings. The number of aromatic nitrogens is 3. The lowest BCUT2D eigenvalue weighted by atomic mass is 9.98. The van der Waals surface area contributed by atoms with Gasteiger partial charge in [-0.25, -0.2) is 0 Å². The van der Waals surface area contributed by atoms with Gasteiger partial charge in [-0.05, 0) is 31.5 Å². The molecule has 0 unspecified atom stereocenters. The first-order valence-corrected chi connectivity index (χ1v) is 10.0. The molecule has 1 amide bonds. The standard InChI is InChI=1S/C21H17N7OS/c1-11-16(7-8-22)30-21-18(11)19(14-5-3-13(10-23)4-6-14)25-15(9-17(24)29)20-27-26-12(2)28(20)21/h3-6,15H,7,9H2,1-2H3,(H2,24,29)/t15-/m0/s1. The van der Waals surface area contributed by atoms with Crippen molar-refractivity contribution in [3.05, 3.63) is 63.0 Å². The van der Waals surface area contributed by atoms with Gasteiger partial charge in [-0.2, -0.15) is 10.5 Å². The summed E-state index contributed by atoms with van der Waals surface area (Å²) >= 11 is 1.50. The number of nitriles is 2. The maximum absolute atomic E-state index is 11.8. The number of carbonyl (C=O) groups excluding carboxylic acids is 1. The minimum atomic E-state index is -0.590. The molecule has 30 heavy (non-hydrogen) atoms. The molecule has 0 fully saturated rings. The quantitative estimate of drug-likeness (QED) is 0.699. The Kier molecular flexibility index (Phi) is 4.90. The molecule has 2 aromatic heterocycles. The number of aliphatic imine (C=N–C) groups is 1. The fourth-order valence-corrected chi connectivity index (χ4v) is 4.89. The van der Waals surface area contributed by atoms with Gasteiger partial charge < -0.3 is 5.73 Å². The van der Waals surface area contributed by atoms with Crippen molar-refractivity contribution in [1.29, 1.82) is 10.5 Å². The number of nitrogens with zero attached hydrogens (tertiary/aromatic N) is 6. The lowest BCUT2D eigenvalue weighted by Gasteiger charge is -2.11. The zero-order chi connectivity index (χ0) is 21.4. The highest BCUT2D eigenvalue weighted by molar-refractivity contribution is 7.15. The number of rotatable bonds is 4. The SMILES string of the molecule is Cc1c(CC#N)sc2c1C(c1ccc(C#N)cc1)=N[C@@H](CC(N)=O)c1nnc(C)n1-2. The van der Waals surface area contributed by atoms with E-state index in [1.54, 1.807) is 12.1 Å². The van der Waals surface area contributed by atoms with Crippen LogP contribution in [0.2, 0.25) is 0 Å². The highest BCUT2D eigenvalue weighted by Crippen LogP contribution is 2.39. The van der Waals surface area contributed by atoms with Gasteiger partial charge in [-0.1, -0.05) is 12.1 Å². The van der Waals surface area contributed by atoms with Crippen molar-refractivity contribution in [2.75, 3.05) is 0 Å². The number of fused-ring (bicyclic) bond motifs is 3. The summed E-state index contributed by atoms with van der Waals surface area (Å²) in [4.78, 5) is 17.6. The third kappa shape index (κ3) is 3.15. The zero-order valence-electron chi connectivity index (χ0n) is 16.4. The summed E-state index contributed by atoms with van der Waals surface area (Å²) in [5.74, 6) is 0.727. The summed E-state index contributed by atoms with van der Waals surface area (Å²) in [7, 11) is 0. The van der Waals surface area contributed by atoms with Gasteiger partial charge in [0.05, 0.1) is 36.3 Å². The lowest BCUT2D eigenvalue weighted by Crippen LogP contribution is -2.17. The molecule has 4 rings (SSSR count). The van der Waals surface area contributed by atoms with E-state index >= 15 is 0 Å². The maximum atomic E-state index is 11.8. The monoisotopic (exact) mass is 415 g/mol. The second-order valence-electron chi connectivity index (χ2n) is 6.96. The second kappa shape index (κ2) is 7.54. The van der Waals surface area contributed by atoms with E-state index in [9.17, 15) is 10.1 Å². The number of benzene rings is 1. The molecule has 148 valence electrons. The van der Waals surface area contributed by atoms with Gasteiger partial charge in [0.25, 0.3) is 0 Å². The predicted octanol–water partition coefficient (Wildman–Crippen LogP) is 2.65. The van der Waals surface area contributed by atoms with Crippen molar-refractivity contribution in [3.63, 3.8) is 0 Å². The van der Waals surface area contributed by atoms with Crippen LogP contribution in [0.3, 0.4) is 0 Å². The first-order valence-electron chi connectivity index (χ1n) is 9.23. The normalized spacial score (nSPS) is 14.7. The summed E-state index contributed by atoms with van der Waals surface area (Å²) in [5.41, 5.74) is 9.37. The van der Waals surface area contributed by atoms with Gasteiger partial charge in [0.1, 0.15) is 16.9 Å². The van der Waals surface area contributed by atoms with E-state index in [0.717, 1.165) is 26.6 Å². The molecule has 1 atom stereocenters. The van der Waals surface area contributed by atoms with E-state index < -0.39 is 11.9 Å². The van der Waals surface area contributed by atoms with Crippen LogP contribution in [-0.2, 0) is 11.2 Å². The summed E-state index contributed by atoms with van der Waals surface area (Å²) in [6, 6.07) is 10.9. The molecule has 9 heteroatoms. The molecule has 1 aliphatic heterocycles. The van der Waals surface area contributed by atoms with Gasteiger partial charge in [0.2, 0.25) is 5.91 Å². The Morgan fingerprint density at radius 3 is 2.60 bits per heavy atom. The van der Waals surface area contributed by atoms with Crippen LogP contribution in [0, 0.1) is 36.5 Å². The number of hydrogen-bond acceptors (Lipinski definition) is 7. The number of primary amides is 1. The van der Waals surface area contributed by atoms with Gasteiger partial charge in [-0.15, -0.1) is 21.5 Å². The number of thiophene rings is 1. The number of nitrogens with two attached hydrogens (primary N) is 1. The summed E-state index contributed by atoms with van der Waals surface area (Å²) < 4.78 is 1.90. The number of carbonyl (C=O) groups is 1. The maximum Gasteiger partial charge on any atom is 0.220 e. The Balaban J connectivity index is 2.03. The largest absolute Gasteiger partial charge is 0.370 e. The van der Waals surface area contributed by atoms with E-state index in [2.05, 4.69) is 22.3 Å². The van der Waals surface area contributed by atoms with E-state index in [1.807, 2.05) is 30.5 Å². The third-order valence-corrected chi connectivity index (χ3v) is 6.30. The second-order valence-corrected chi connectivity index (χ2v) is 8.04. The molecular formula is C21H17N7OS. The van der Waals surface area contributed by atoms with E-state index in [0.29, 0.717) is 22.9 Å². The van der Waals surface area contributed by atoms with Crippen molar-refractivity contribution in [3.8, 4) is 17.1 Å². The molecular weight excluding hydrogens is 398 g/mol. The van der Waals surface area contributed by atoms with Crippen molar-refractivity contribution in [2.45, 2.75) is 32.7 Å². The van der Waals surface area contributed by atoms with Crippen LogP contribution in [0.1, 0.15) is 51.2 Å². The third-order valence-electron chi connectivity index (χ3n) is 5.02. The van der Waals surface area contributed by atoms with Gasteiger partial charge in [-0.3, -0.25) is 14.4 Å². The minimum absolute atomic E-state index is 0.00302. The fourth-order valence-electron chi connectivity index (χ4n) is 3.59. The first kappa shape index (κ1) is 19.5. The van der Waals surface area contributed by atoms with Crippen LogP contribution in [0.5, 0.6) is 0 Å². The molecule has 3 heterocycles. The Labute approximate surface area is 176 Å². The van der Waals surface area contributed by atoms with Crippen molar-refractivity contribution < 1.29 is 4.79 Å². The summed E-state index contributed by atoms with van der Waals surface area (Å²) in [6.07, 6.45) is 0.280. The summed E-state index contributed by atoms with van der Waals surface area (Å²) in [6.45, 7) is 3.81. The summed E-state index contributed by atoms with van der Waals surface area (Å²) in [5, 5.41) is 27.7. The molecule has 0 spiro atoms. The zero-order valence-corrected chi connectivity index (χ0v) is 17.2. The van der Waals surface area contributed by atoms with Gasteiger partial charge in [0.15, 0.2) is 5.82 Å². The Hall–Kier alpha value is -3.82. The van der Waals surface area contributed by atoms with Crippen LogP contribution >= 0.6 is 11.3 Å².